The van der Waals surface area contributed by atoms with Gasteiger partial charge in [-0.2, -0.15) is 0 Å². The number of ether oxygens (including phenoxy) is 3. The van der Waals surface area contributed by atoms with Gasteiger partial charge in [0.05, 0.1) is 32.5 Å². The maximum Gasteiger partial charge on any atom is 0.191 e. The second kappa shape index (κ2) is 12.7. The van der Waals surface area contributed by atoms with Crippen LogP contribution in [-0.4, -0.2) is 89.3 Å². The second-order valence-corrected chi connectivity index (χ2v) is 8.78. The van der Waals surface area contributed by atoms with Crippen LogP contribution in [0.3, 0.4) is 0 Å². The molecule has 3 rings (SSSR count). The van der Waals surface area contributed by atoms with Gasteiger partial charge in [0.2, 0.25) is 0 Å². The molecule has 0 radical (unpaired) electrons. The zero-order chi connectivity index (χ0) is 20.2. The predicted molar refractivity (Wildman–Crippen MR) is 117 cm³/mol. The van der Waals surface area contributed by atoms with Gasteiger partial charge in [0.15, 0.2) is 5.96 Å². The molecule has 29 heavy (non-hydrogen) atoms. The van der Waals surface area contributed by atoms with Crippen molar-refractivity contribution in [3.05, 3.63) is 0 Å². The molecular weight excluding hydrogens is 368 g/mol. The lowest BCUT2D eigenvalue weighted by atomic mass is 9.73. The van der Waals surface area contributed by atoms with Crippen LogP contribution in [0.25, 0.3) is 0 Å². The van der Waals surface area contributed by atoms with Crippen LogP contribution in [0.1, 0.15) is 51.9 Å². The Bertz CT molecular complexity index is 471. The van der Waals surface area contributed by atoms with Crippen LogP contribution >= 0.6 is 0 Å². The molecule has 168 valence electrons. The van der Waals surface area contributed by atoms with E-state index in [1.165, 1.54) is 32.1 Å². The summed E-state index contributed by atoms with van der Waals surface area (Å²) in [4.78, 5) is 7.59. The van der Waals surface area contributed by atoms with E-state index in [9.17, 15) is 0 Å². The molecule has 2 aliphatic heterocycles. The highest BCUT2D eigenvalue weighted by Gasteiger charge is 2.34. The molecule has 3 fully saturated rings. The third-order valence-corrected chi connectivity index (χ3v) is 6.36. The number of guanidine groups is 1. The standard InChI is InChI=1S/C22H42N4O3/c1-2-23-21(24-10-14-28-17-20-7-6-13-29-20)25-18-22(8-4-3-5-9-22)19-26-11-15-27-16-12-26/h20H,2-19H2,1H3,(H2,23,24,25). The van der Waals surface area contributed by atoms with Gasteiger partial charge in [0.1, 0.15) is 0 Å². The van der Waals surface area contributed by atoms with Crippen LogP contribution in [0.5, 0.6) is 0 Å². The Morgan fingerprint density at radius 1 is 1.10 bits per heavy atom. The topological polar surface area (TPSA) is 67.4 Å². The second-order valence-electron chi connectivity index (χ2n) is 8.78. The minimum absolute atomic E-state index is 0.295. The average molecular weight is 411 g/mol. The number of nitrogens with zero attached hydrogens (tertiary/aromatic N) is 2. The fourth-order valence-electron chi connectivity index (χ4n) is 4.72. The zero-order valence-electron chi connectivity index (χ0n) is 18.4. The molecular formula is C22H42N4O3. The Labute approximate surface area is 176 Å². The smallest absolute Gasteiger partial charge is 0.191 e. The van der Waals surface area contributed by atoms with Gasteiger partial charge in [-0.25, -0.2) is 0 Å². The van der Waals surface area contributed by atoms with Gasteiger partial charge < -0.3 is 24.8 Å². The first kappa shape index (κ1) is 22.8. The lowest BCUT2D eigenvalue weighted by Gasteiger charge is -2.41. The van der Waals surface area contributed by atoms with Gasteiger partial charge in [-0.05, 0) is 32.6 Å². The van der Waals surface area contributed by atoms with E-state index in [1.807, 2.05) is 0 Å². The summed E-state index contributed by atoms with van der Waals surface area (Å²) in [6.07, 6.45) is 9.20. The van der Waals surface area contributed by atoms with Crippen molar-refractivity contribution in [2.75, 3.05) is 72.3 Å². The van der Waals surface area contributed by atoms with Crippen LogP contribution < -0.4 is 10.6 Å². The molecule has 0 aromatic rings. The number of hydrogen-bond donors (Lipinski definition) is 2. The van der Waals surface area contributed by atoms with Crippen molar-refractivity contribution in [2.45, 2.75) is 58.0 Å². The SMILES string of the molecule is CCNC(=NCC1(CN2CCOCC2)CCCCC1)NCCOCC1CCCO1. The lowest BCUT2D eigenvalue weighted by Crippen LogP contribution is -2.47. The monoisotopic (exact) mass is 410 g/mol. The molecule has 0 spiro atoms. The maximum absolute atomic E-state index is 5.77. The van der Waals surface area contributed by atoms with Gasteiger partial charge in [0, 0.05) is 51.3 Å². The molecule has 2 saturated heterocycles. The zero-order valence-corrected chi connectivity index (χ0v) is 18.4. The molecule has 1 atom stereocenters. The Morgan fingerprint density at radius 3 is 2.66 bits per heavy atom. The molecule has 0 amide bonds. The lowest BCUT2D eigenvalue weighted by molar-refractivity contribution is 0.00935. The van der Waals surface area contributed by atoms with Gasteiger partial charge in [-0.1, -0.05) is 19.3 Å². The Kier molecular flexibility index (Phi) is 10.00. The van der Waals surface area contributed by atoms with E-state index in [0.717, 1.165) is 77.9 Å². The van der Waals surface area contributed by atoms with E-state index >= 15 is 0 Å². The Hall–Kier alpha value is -0.890. The van der Waals surface area contributed by atoms with Crippen molar-refractivity contribution in [2.24, 2.45) is 10.4 Å². The molecule has 2 N–H and O–H groups in total. The van der Waals surface area contributed by atoms with Crippen molar-refractivity contribution in [3.8, 4) is 0 Å². The minimum Gasteiger partial charge on any atom is -0.379 e. The quantitative estimate of drug-likeness (QED) is 0.326. The third-order valence-electron chi connectivity index (χ3n) is 6.36. The Morgan fingerprint density at radius 2 is 1.93 bits per heavy atom. The molecule has 1 saturated carbocycles. The van der Waals surface area contributed by atoms with E-state index in [2.05, 4.69) is 22.5 Å². The number of nitrogens with one attached hydrogen (secondary N) is 2. The summed E-state index contributed by atoms with van der Waals surface area (Å²) >= 11 is 0. The summed E-state index contributed by atoms with van der Waals surface area (Å²) in [6, 6.07) is 0. The highest BCUT2D eigenvalue weighted by Crippen LogP contribution is 2.37. The summed E-state index contributed by atoms with van der Waals surface area (Å²) < 4.78 is 16.9. The fraction of sp³-hybridized carbons (Fsp3) is 0.955. The molecule has 7 nitrogen and oxygen atoms in total. The van der Waals surface area contributed by atoms with Crippen molar-refractivity contribution in [1.82, 2.24) is 15.5 Å². The molecule has 2 heterocycles. The third kappa shape index (κ3) is 8.04. The summed E-state index contributed by atoms with van der Waals surface area (Å²) in [7, 11) is 0. The maximum atomic E-state index is 5.77. The molecule has 1 unspecified atom stereocenters. The van der Waals surface area contributed by atoms with Crippen molar-refractivity contribution >= 4 is 5.96 Å². The van der Waals surface area contributed by atoms with Crippen LogP contribution in [0.2, 0.25) is 0 Å². The van der Waals surface area contributed by atoms with Gasteiger partial charge >= 0.3 is 0 Å². The molecule has 3 aliphatic rings. The number of morpholine rings is 1. The van der Waals surface area contributed by atoms with E-state index in [0.29, 0.717) is 24.7 Å². The van der Waals surface area contributed by atoms with Crippen LogP contribution in [0.15, 0.2) is 4.99 Å². The van der Waals surface area contributed by atoms with Gasteiger partial charge in [0.25, 0.3) is 0 Å². The fourth-order valence-corrected chi connectivity index (χ4v) is 4.72. The molecule has 7 heteroatoms. The van der Waals surface area contributed by atoms with E-state index in [-0.39, 0.29) is 0 Å². The predicted octanol–water partition coefficient (Wildman–Crippen LogP) is 2.02. The summed E-state index contributed by atoms with van der Waals surface area (Å²) in [5.74, 6) is 0.917. The van der Waals surface area contributed by atoms with Crippen LogP contribution in [0.4, 0.5) is 0 Å². The largest absolute Gasteiger partial charge is 0.379 e. The first-order chi connectivity index (χ1) is 14.3. The number of rotatable bonds is 10. The van der Waals surface area contributed by atoms with Crippen molar-refractivity contribution in [1.29, 1.82) is 0 Å². The van der Waals surface area contributed by atoms with E-state index < -0.39 is 0 Å². The minimum atomic E-state index is 0.295. The van der Waals surface area contributed by atoms with Crippen molar-refractivity contribution < 1.29 is 14.2 Å². The van der Waals surface area contributed by atoms with E-state index in [4.69, 9.17) is 19.2 Å². The molecule has 0 bridgehead atoms. The first-order valence-corrected chi connectivity index (χ1v) is 11.8. The van der Waals surface area contributed by atoms with Crippen LogP contribution in [-0.2, 0) is 14.2 Å². The van der Waals surface area contributed by atoms with Crippen molar-refractivity contribution in [3.63, 3.8) is 0 Å². The highest BCUT2D eigenvalue weighted by molar-refractivity contribution is 5.79. The number of aliphatic imine (C=N–C) groups is 1. The normalized spacial score (nSPS) is 25.8. The molecule has 1 aliphatic carbocycles. The number of hydrogen-bond acceptors (Lipinski definition) is 5. The summed E-state index contributed by atoms with van der Waals surface area (Å²) in [6.45, 7) is 12.0. The summed E-state index contributed by atoms with van der Waals surface area (Å²) in [5, 5.41) is 6.85. The summed E-state index contributed by atoms with van der Waals surface area (Å²) in [5.41, 5.74) is 0.314. The first-order valence-electron chi connectivity index (χ1n) is 11.8. The molecule has 0 aromatic heterocycles. The average Bonchev–Trinajstić information content (AvgIpc) is 3.27. The van der Waals surface area contributed by atoms with E-state index in [1.54, 1.807) is 0 Å². The highest BCUT2D eigenvalue weighted by atomic mass is 16.5. The van der Waals surface area contributed by atoms with Gasteiger partial charge in [-0.15, -0.1) is 0 Å². The van der Waals surface area contributed by atoms with Gasteiger partial charge in [-0.3, -0.25) is 9.89 Å². The van der Waals surface area contributed by atoms with Crippen LogP contribution in [0, 0.1) is 5.41 Å². The molecule has 0 aromatic carbocycles. The Balaban J connectivity index is 1.45.